The predicted molar refractivity (Wildman–Crippen MR) is 588 cm³/mol. The average Bonchev–Trinajstić information content (AvgIpc) is 1.12. The molecule has 0 atom stereocenters. The maximum Gasteiger partial charge on any atom is 0.252 e. The standard InChI is InChI=1S/C129H153BN4/c1-119(2,3)74-81-38-34-42-88(58-81)98-62-85(78-123(13,14)15)63-99(89-43-35-39-82(59-89)75-120(4,5)6)117(98)133-112-72-96(131-108-54-46-92(126(22,23)24)68-102(108)103-69-93(127(25,26)27)47-55-109(103)131)50-52-106(112)130-107-53-51-97(132-110-56-48-94(128(28,29)30)70-104(110)105-71-95(129(31,32)33)49-57-111(105)132)73-113(107)134(115-67-87(80-125(19,20)21)66-114(133)116(115)130)118-100(90-44-36-40-83(60-90)76-121(7,8)9)64-86(79-124(16,17)18)65-101(118)91-45-37-41-84(61-91)77-122(10,11)12/h34-73H,74-80H2,1-33H3/i78D2,79D2,80D2. The van der Waals surface area contributed by atoms with Gasteiger partial charge in [-0.15, -0.1) is 0 Å². The smallest absolute Gasteiger partial charge is 0.252 e. The number of aromatic nitrogens is 2. The molecule has 0 fully saturated rings. The Balaban J connectivity index is 1.14. The fourth-order valence-electron chi connectivity index (χ4n) is 21.2. The molecule has 13 aromatic carbocycles. The van der Waals surface area contributed by atoms with Crippen molar-refractivity contribution in [2.24, 2.45) is 37.9 Å². The Labute approximate surface area is 815 Å². The minimum Gasteiger partial charge on any atom is -0.310 e. The van der Waals surface area contributed by atoms with Crippen molar-refractivity contribution in [3.8, 4) is 55.9 Å². The predicted octanol–water partition coefficient (Wildman–Crippen LogP) is 34.9. The number of fused-ring (bicyclic) bond motifs is 10. The molecule has 2 aromatic heterocycles. The van der Waals surface area contributed by atoms with Gasteiger partial charge >= 0.3 is 0 Å². The van der Waals surface area contributed by atoms with Gasteiger partial charge in [0.05, 0.1) is 33.4 Å². The van der Waals surface area contributed by atoms with Gasteiger partial charge in [-0.1, -0.05) is 362 Å². The Morgan fingerprint density at radius 1 is 0.231 bits per heavy atom. The lowest BCUT2D eigenvalue weighted by Gasteiger charge is -2.46. The van der Waals surface area contributed by atoms with Crippen LogP contribution in [0, 0.1) is 37.9 Å². The molecule has 4 nitrogen and oxygen atoms in total. The number of hydrogen-bond donors (Lipinski definition) is 0. The van der Waals surface area contributed by atoms with Crippen LogP contribution in [0.1, 0.15) is 298 Å². The molecule has 0 radical (unpaired) electrons. The molecule has 0 saturated heterocycles. The summed E-state index contributed by atoms with van der Waals surface area (Å²) < 4.78 is 70.9. The quantitative estimate of drug-likeness (QED) is 0.0951. The molecule has 17 rings (SSSR count). The van der Waals surface area contributed by atoms with E-state index in [9.17, 15) is 8.22 Å². The fraction of sp³-hybridized carbons (Fsp3) is 0.395. The van der Waals surface area contributed by atoms with Gasteiger partial charge in [-0.2, -0.15) is 0 Å². The summed E-state index contributed by atoms with van der Waals surface area (Å²) in [5.74, 6) is 0. The Hall–Kier alpha value is -10.9. The topological polar surface area (TPSA) is 16.3 Å². The van der Waals surface area contributed by atoms with Crippen molar-refractivity contribution in [3.63, 3.8) is 0 Å². The van der Waals surface area contributed by atoms with Crippen molar-refractivity contribution in [2.75, 3.05) is 9.80 Å². The van der Waals surface area contributed by atoms with Crippen LogP contribution in [0.2, 0.25) is 0 Å². The minimum atomic E-state index is -2.07. The van der Waals surface area contributed by atoms with Crippen molar-refractivity contribution in [3.05, 3.63) is 304 Å². The van der Waals surface area contributed by atoms with Crippen molar-refractivity contribution >= 4 is 101 Å². The Kier molecular flexibility index (Phi) is 21.8. The van der Waals surface area contributed by atoms with Crippen molar-refractivity contribution < 1.29 is 8.22 Å². The lowest BCUT2D eigenvalue weighted by Crippen LogP contribution is -2.61. The van der Waals surface area contributed by atoms with Crippen LogP contribution in [0.15, 0.2) is 243 Å². The van der Waals surface area contributed by atoms with Crippen LogP contribution in [0.25, 0.3) is 99.5 Å². The van der Waals surface area contributed by atoms with Gasteiger partial charge < -0.3 is 18.9 Å². The second-order valence-corrected chi connectivity index (χ2v) is 51.8. The number of rotatable bonds is 15. The van der Waals surface area contributed by atoms with Crippen LogP contribution in [-0.2, 0) is 66.5 Å². The molecule has 0 spiro atoms. The molecule has 0 amide bonds. The molecule has 5 heteroatoms. The van der Waals surface area contributed by atoms with E-state index in [1.54, 1.807) is 0 Å². The van der Waals surface area contributed by atoms with Gasteiger partial charge in [-0.05, 0) is 313 Å². The highest BCUT2D eigenvalue weighted by Gasteiger charge is 2.47. The lowest BCUT2D eigenvalue weighted by atomic mass is 9.33. The summed E-state index contributed by atoms with van der Waals surface area (Å²) in [6, 6.07) is 92.5. The van der Waals surface area contributed by atoms with Gasteiger partial charge in [0.15, 0.2) is 0 Å². The van der Waals surface area contributed by atoms with E-state index in [2.05, 4.69) is 428 Å². The molecule has 2 aliphatic rings. The van der Waals surface area contributed by atoms with Crippen molar-refractivity contribution in [2.45, 2.75) is 295 Å². The van der Waals surface area contributed by atoms with Crippen molar-refractivity contribution in [1.82, 2.24) is 9.13 Å². The third-order valence-electron chi connectivity index (χ3n) is 26.7. The van der Waals surface area contributed by atoms with E-state index < -0.39 is 42.1 Å². The first-order valence-electron chi connectivity index (χ1n) is 52.6. The zero-order valence-electron chi connectivity index (χ0n) is 93.3. The Morgan fingerprint density at radius 2 is 0.478 bits per heavy atom. The van der Waals surface area contributed by atoms with E-state index in [0.29, 0.717) is 16.7 Å². The molecule has 134 heavy (non-hydrogen) atoms. The Morgan fingerprint density at radius 3 is 0.709 bits per heavy atom. The van der Waals surface area contributed by atoms with E-state index in [1.165, 1.54) is 43.8 Å². The van der Waals surface area contributed by atoms with E-state index >= 15 is 0 Å². The van der Waals surface area contributed by atoms with E-state index in [-0.39, 0.29) is 43.3 Å². The summed E-state index contributed by atoms with van der Waals surface area (Å²) in [5.41, 5.74) is 28.7. The molecule has 0 bridgehead atoms. The number of hydrogen-bond acceptors (Lipinski definition) is 2. The summed E-state index contributed by atoms with van der Waals surface area (Å²) in [7, 11) is 0. The summed E-state index contributed by atoms with van der Waals surface area (Å²) in [6.45, 7) is 73.0. The molecule has 2 aliphatic heterocycles. The molecule has 0 aliphatic carbocycles. The second-order valence-electron chi connectivity index (χ2n) is 51.8. The number of nitrogens with zero attached hydrogens (tertiary/aromatic N) is 4. The monoisotopic (exact) mass is 1780 g/mol. The van der Waals surface area contributed by atoms with Crippen LogP contribution in [0.3, 0.4) is 0 Å². The average molecular weight is 1780 g/mol. The molecule has 0 unspecified atom stereocenters. The SMILES string of the molecule is [2H]C([2H])(c1cc(-c2cccc(CC(C)(C)C)c2)c(N2c3cc(-n4c5ccc(C(C)(C)C)cc5c5cc(C(C)(C)C)ccc54)ccc3B3c4ccc(-n5c6ccc(C(C)(C)C)cc6c6cc(C(C)(C)C)ccc65)cc4N(c4c(-c5cccc(CC(C)(C)C)c5)cc(C([2H])([2H])C(C)(C)C)cc4-c4cccc(CC(C)(C)C)c4)c4cc(C([2H])([2H])C(C)(C)C)cc2c43)c(-c2cccc(CC(C)(C)C)c2)c1)C(C)(C)C. The van der Waals surface area contributed by atoms with Crippen LogP contribution in [0.5, 0.6) is 0 Å². The van der Waals surface area contributed by atoms with Crippen LogP contribution < -0.4 is 26.2 Å². The highest BCUT2D eigenvalue weighted by molar-refractivity contribution is 7.00. The van der Waals surface area contributed by atoms with Crippen LogP contribution in [0.4, 0.5) is 34.1 Å². The highest BCUT2D eigenvalue weighted by Crippen LogP contribution is 2.57. The van der Waals surface area contributed by atoms with E-state index in [1.807, 2.05) is 62.3 Å². The van der Waals surface area contributed by atoms with Crippen LogP contribution >= 0.6 is 0 Å². The maximum atomic E-state index is 11.4. The third-order valence-corrected chi connectivity index (χ3v) is 26.7. The zero-order valence-corrected chi connectivity index (χ0v) is 87.3. The molecule has 15 aromatic rings. The van der Waals surface area contributed by atoms with Gasteiger partial charge in [0.2, 0.25) is 0 Å². The van der Waals surface area contributed by atoms with Gasteiger partial charge in [-0.3, -0.25) is 0 Å². The maximum absolute atomic E-state index is 11.4. The normalized spacial score (nSPS) is 14.9. The summed E-state index contributed by atoms with van der Waals surface area (Å²) in [6.07, 6.45) is -2.76. The second kappa shape index (κ2) is 33.5. The molecule has 692 valence electrons. The van der Waals surface area contributed by atoms with Crippen LogP contribution in [-0.4, -0.2) is 15.8 Å². The number of anilines is 6. The molecular formula is C129H153BN4. The fourth-order valence-corrected chi connectivity index (χ4v) is 21.2. The van der Waals surface area contributed by atoms with E-state index in [4.69, 9.17) is 0 Å². The highest BCUT2D eigenvalue weighted by atomic mass is 15.2. The molecule has 4 heterocycles. The molecule has 0 N–H and O–H groups in total. The number of benzene rings is 13. The molecule has 0 saturated carbocycles. The van der Waals surface area contributed by atoms with Gasteiger partial charge in [0.1, 0.15) is 0 Å². The first-order valence-corrected chi connectivity index (χ1v) is 49.6. The van der Waals surface area contributed by atoms with Gasteiger partial charge in [0.25, 0.3) is 6.71 Å². The Bertz CT molecular complexity index is 6700. The first kappa shape index (κ1) is 87.2. The largest absolute Gasteiger partial charge is 0.310 e. The van der Waals surface area contributed by atoms with Gasteiger partial charge in [0, 0.05) is 86.1 Å². The first-order chi connectivity index (χ1) is 64.5. The zero-order chi connectivity index (χ0) is 102. The van der Waals surface area contributed by atoms with Gasteiger partial charge in [-0.25, -0.2) is 0 Å². The summed E-state index contributed by atoms with van der Waals surface area (Å²) >= 11 is 0. The third kappa shape index (κ3) is 19.7. The molecular weight excluding hydrogens is 1620 g/mol. The minimum absolute atomic E-state index is 0.106. The van der Waals surface area contributed by atoms with E-state index in [0.717, 1.165) is 176 Å². The summed E-state index contributed by atoms with van der Waals surface area (Å²) in [4.78, 5) is 5.10. The summed E-state index contributed by atoms with van der Waals surface area (Å²) in [5, 5.41) is 4.68. The van der Waals surface area contributed by atoms with Crippen molar-refractivity contribution in [1.29, 1.82) is 0 Å². The lowest BCUT2D eigenvalue weighted by molar-refractivity contribution is 0.410.